The van der Waals surface area contributed by atoms with Crippen LogP contribution in [0.5, 0.6) is 0 Å². The minimum absolute atomic E-state index is 0.515. The number of alkyl halides is 1. The molecule has 1 aliphatic rings. The van der Waals surface area contributed by atoms with E-state index in [9.17, 15) is 0 Å². The molecule has 0 fully saturated rings. The Morgan fingerprint density at radius 2 is 2.05 bits per heavy atom. The first-order valence-corrected chi connectivity index (χ1v) is 7.64. The standard InChI is InChI=1S/C17H19ClN2/c1-13-9-17(16(10-18)11-19-13)20-8-4-7-14-5-2-3-6-15(14)12-20/h2-3,5-6,9,11H,4,7-8,10,12H2,1H3. The molecule has 0 spiro atoms. The third kappa shape index (κ3) is 2.66. The predicted octanol–water partition coefficient (Wildman–Crippen LogP) is 4.08. The van der Waals surface area contributed by atoms with Gasteiger partial charge in [-0.05, 0) is 37.0 Å². The number of hydrogen-bond acceptors (Lipinski definition) is 2. The van der Waals surface area contributed by atoms with Gasteiger partial charge in [-0.3, -0.25) is 4.98 Å². The van der Waals surface area contributed by atoms with Crippen molar-refractivity contribution in [3.63, 3.8) is 0 Å². The highest BCUT2D eigenvalue weighted by Crippen LogP contribution is 2.28. The van der Waals surface area contributed by atoms with Crippen LogP contribution in [0.25, 0.3) is 0 Å². The summed E-state index contributed by atoms with van der Waals surface area (Å²) in [6, 6.07) is 10.9. The van der Waals surface area contributed by atoms with Gasteiger partial charge >= 0.3 is 0 Å². The van der Waals surface area contributed by atoms with Crippen LogP contribution in [0, 0.1) is 6.92 Å². The Bertz CT molecular complexity index is 610. The SMILES string of the molecule is Cc1cc(N2CCCc3ccccc3C2)c(CCl)cn1. The highest BCUT2D eigenvalue weighted by molar-refractivity contribution is 6.17. The molecular weight excluding hydrogens is 268 g/mol. The van der Waals surface area contributed by atoms with E-state index in [-0.39, 0.29) is 0 Å². The van der Waals surface area contributed by atoms with Crippen molar-refractivity contribution in [1.29, 1.82) is 0 Å². The molecule has 0 aliphatic carbocycles. The van der Waals surface area contributed by atoms with Crippen molar-refractivity contribution >= 4 is 17.3 Å². The normalized spacial score (nSPS) is 14.8. The van der Waals surface area contributed by atoms with E-state index in [2.05, 4.69) is 40.2 Å². The number of fused-ring (bicyclic) bond motifs is 1. The summed E-state index contributed by atoms with van der Waals surface area (Å²) in [6.07, 6.45) is 4.25. The van der Waals surface area contributed by atoms with Gasteiger partial charge in [0.25, 0.3) is 0 Å². The zero-order valence-electron chi connectivity index (χ0n) is 11.8. The minimum Gasteiger partial charge on any atom is -0.367 e. The fourth-order valence-electron chi connectivity index (χ4n) is 2.88. The van der Waals surface area contributed by atoms with Gasteiger partial charge < -0.3 is 4.90 Å². The van der Waals surface area contributed by atoms with Gasteiger partial charge in [-0.15, -0.1) is 11.6 Å². The summed E-state index contributed by atoms with van der Waals surface area (Å²) in [5.74, 6) is 0.515. The molecule has 2 aromatic rings. The molecule has 1 aliphatic heterocycles. The van der Waals surface area contributed by atoms with Crippen molar-refractivity contribution in [2.45, 2.75) is 32.2 Å². The van der Waals surface area contributed by atoms with Crippen LogP contribution in [0.2, 0.25) is 0 Å². The number of halogens is 1. The summed E-state index contributed by atoms with van der Waals surface area (Å²) in [6.45, 7) is 4.07. The molecule has 1 aromatic carbocycles. The van der Waals surface area contributed by atoms with Crippen LogP contribution in [0.1, 0.15) is 28.8 Å². The smallest absolute Gasteiger partial charge is 0.0509 e. The first kappa shape index (κ1) is 13.4. The first-order valence-electron chi connectivity index (χ1n) is 7.11. The lowest BCUT2D eigenvalue weighted by Gasteiger charge is -2.25. The summed E-state index contributed by atoms with van der Waals surface area (Å²) in [5, 5.41) is 0. The van der Waals surface area contributed by atoms with Crippen molar-refractivity contribution in [2.24, 2.45) is 0 Å². The number of hydrogen-bond donors (Lipinski definition) is 0. The summed E-state index contributed by atoms with van der Waals surface area (Å²) in [7, 11) is 0. The Balaban J connectivity index is 1.97. The van der Waals surface area contributed by atoms with Crippen molar-refractivity contribution in [2.75, 3.05) is 11.4 Å². The summed E-state index contributed by atoms with van der Waals surface area (Å²) in [5.41, 5.74) is 6.32. The molecule has 0 radical (unpaired) electrons. The quantitative estimate of drug-likeness (QED) is 0.773. The van der Waals surface area contributed by atoms with Gasteiger partial charge in [0.1, 0.15) is 0 Å². The van der Waals surface area contributed by atoms with E-state index >= 15 is 0 Å². The monoisotopic (exact) mass is 286 g/mol. The maximum atomic E-state index is 6.08. The number of nitrogens with zero attached hydrogens (tertiary/aromatic N) is 2. The number of aryl methyl sites for hydroxylation is 2. The predicted molar refractivity (Wildman–Crippen MR) is 84.3 cm³/mol. The van der Waals surface area contributed by atoms with Crippen LogP contribution in [-0.4, -0.2) is 11.5 Å². The second-order valence-electron chi connectivity index (χ2n) is 5.38. The number of pyridine rings is 1. The lowest BCUT2D eigenvalue weighted by Crippen LogP contribution is -2.23. The van der Waals surface area contributed by atoms with E-state index in [4.69, 9.17) is 11.6 Å². The average molecular weight is 287 g/mol. The van der Waals surface area contributed by atoms with Crippen LogP contribution < -0.4 is 4.90 Å². The maximum absolute atomic E-state index is 6.08. The molecule has 2 nitrogen and oxygen atoms in total. The van der Waals surface area contributed by atoms with Crippen molar-refractivity contribution in [3.8, 4) is 0 Å². The van der Waals surface area contributed by atoms with Crippen LogP contribution in [-0.2, 0) is 18.8 Å². The van der Waals surface area contributed by atoms with E-state index in [1.807, 2.05) is 13.1 Å². The largest absolute Gasteiger partial charge is 0.367 e. The van der Waals surface area contributed by atoms with Crippen LogP contribution >= 0.6 is 11.6 Å². The van der Waals surface area contributed by atoms with Gasteiger partial charge in [-0.1, -0.05) is 24.3 Å². The van der Waals surface area contributed by atoms with Gasteiger partial charge in [0.05, 0.1) is 5.88 Å². The zero-order valence-corrected chi connectivity index (χ0v) is 12.5. The fourth-order valence-corrected chi connectivity index (χ4v) is 3.08. The molecule has 1 aromatic heterocycles. The third-order valence-electron chi connectivity index (χ3n) is 3.94. The highest BCUT2D eigenvalue weighted by Gasteiger charge is 2.17. The lowest BCUT2D eigenvalue weighted by atomic mass is 10.0. The molecule has 20 heavy (non-hydrogen) atoms. The second kappa shape index (κ2) is 5.84. The van der Waals surface area contributed by atoms with E-state index < -0.39 is 0 Å². The van der Waals surface area contributed by atoms with Gasteiger partial charge in [-0.2, -0.15) is 0 Å². The van der Waals surface area contributed by atoms with E-state index in [0.717, 1.165) is 30.8 Å². The highest BCUT2D eigenvalue weighted by atomic mass is 35.5. The Labute approximate surface area is 125 Å². The molecule has 2 heterocycles. The number of anilines is 1. The molecule has 0 unspecified atom stereocenters. The van der Waals surface area contributed by atoms with Gasteiger partial charge in [0.2, 0.25) is 0 Å². The van der Waals surface area contributed by atoms with Gasteiger partial charge in [0, 0.05) is 36.2 Å². The molecule has 0 saturated heterocycles. The second-order valence-corrected chi connectivity index (χ2v) is 5.65. The zero-order chi connectivity index (χ0) is 13.9. The van der Waals surface area contributed by atoms with E-state index in [0.29, 0.717) is 5.88 Å². The molecule has 0 saturated carbocycles. The van der Waals surface area contributed by atoms with Crippen LogP contribution in [0.15, 0.2) is 36.5 Å². The number of rotatable bonds is 2. The molecule has 0 bridgehead atoms. The van der Waals surface area contributed by atoms with Crippen molar-refractivity contribution < 1.29 is 0 Å². The lowest BCUT2D eigenvalue weighted by molar-refractivity contribution is 0.761. The Hall–Kier alpha value is -1.54. The number of aromatic nitrogens is 1. The van der Waals surface area contributed by atoms with Crippen molar-refractivity contribution in [1.82, 2.24) is 4.98 Å². The van der Waals surface area contributed by atoms with Crippen molar-refractivity contribution in [3.05, 3.63) is 58.9 Å². The third-order valence-corrected chi connectivity index (χ3v) is 4.22. The number of benzene rings is 1. The van der Waals surface area contributed by atoms with E-state index in [1.165, 1.54) is 23.2 Å². The molecule has 0 N–H and O–H groups in total. The van der Waals surface area contributed by atoms with E-state index in [1.54, 1.807) is 0 Å². The molecular formula is C17H19ClN2. The molecule has 3 rings (SSSR count). The van der Waals surface area contributed by atoms with Gasteiger partial charge in [-0.25, -0.2) is 0 Å². The molecule has 0 atom stereocenters. The fraction of sp³-hybridized carbons (Fsp3) is 0.353. The summed E-state index contributed by atoms with van der Waals surface area (Å²) >= 11 is 6.08. The topological polar surface area (TPSA) is 16.1 Å². The molecule has 0 amide bonds. The molecule has 3 heteroatoms. The van der Waals surface area contributed by atoms with Crippen LogP contribution in [0.4, 0.5) is 5.69 Å². The summed E-state index contributed by atoms with van der Waals surface area (Å²) < 4.78 is 0. The van der Waals surface area contributed by atoms with Gasteiger partial charge in [0.15, 0.2) is 0 Å². The first-order chi connectivity index (χ1) is 9.78. The Morgan fingerprint density at radius 3 is 2.85 bits per heavy atom. The summed E-state index contributed by atoms with van der Waals surface area (Å²) in [4.78, 5) is 6.80. The average Bonchev–Trinajstić information content (AvgIpc) is 2.69. The Kier molecular flexibility index (Phi) is 3.93. The molecule has 104 valence electrons. The van der Waals surface area contributed by atoms with Crippen LogP contribution in [0.3, 0.4) is 0 Å². The maximum Gasteiger partial charge on any atom is 0.0509 e. The minimum atomic E-state index is 0.515. The Morgan fingerprint density at radius 1 is 1.25 bits per heavy atom.